The van der Waals surface area contributed by atoms with E-state index in [9.17, 15) is 0 Å². The van der Waals surface area contributed by atoms with Crippen molar-refractivity contribution >= 4 is 0 Å². The normalized spacial score (nSPS) is 13.2. The number of ether oxygens (including phenoxy) is 1. The molecule has 1 N–H and O–H groups in total. The van der Waals surface area contributed by atoms with E-state index in [-0.39, 0.29) is 11.6 Å². The third-order valence-electron chi connectivity index (χ3n) is 2.25. The lowest BCUT2D eigenvalue weighted by Gasteiger charge is -2.20. The maximum absolute atomic E-state index is 5.56. The molecule has 1 heterocycles. The number of nitrogens with zero attached hydrogens (tertiary/aromatic N) is 1. The van der Waals surface area contributed by atoms with E-state index >= 15 is 0 Å². The summed E-state index contributed by atoms with van der Waals surface area (Å²) in [5.74, 6) is 0.775. The molecular formula is C14H22N2O. The highest BCUT2D eigenvalue weighted by Crippen LogP contribution is 2.12. The molecule has 3 heteroatoms. The Hall–Kier alpha value is -1.35. The molecule has 1 unspecified atom stereocenters. The Kier molecular flexibility index (Phi) is 4.70. The first-order chi connectivity index (χ1) is 7.90. The summed E-state index contributed by atoms with van der Waals surface area (Å²) in [5.41, 5.74) is 1.12. The number of pyridine rings is 1. The highest BCUT2D eigenvalue weighted by molar-refractivity contribution is 5.20. The van der Waals surface area contributed by atoms with Crippen LogP contribution in [0.4, 0.5) is 0 Å². The van der Waals surface area contributed by atoms with Gasteiger partial charge in [0.05, 0.1) is 11.9 Å². The Morgan fingerprint density at radius 1 is 1.47 bits per heavy atom. The molecule has 0 bridgehead atoms. The van der Waals surface area contributed by atoms with Crippen molar-refractivity contribution in [1.82, 2.24) is 10.3 Å². The monoisotopic (exact) mass is 234 g/mol. The van der Waals surface area contributed by atoms with Crippen molar-refractivity contribution in [3.63, 3.8) is 0 Å². The fraction of sp³-hybridized carbons (Fsp3) is 0.500. The lowest BCUT2D eigenvalue weighted by molar-refractivity contribution is 0.269. The molecule has 3 nitrogen and oxygen atoms in total. The van der Waals surface area contributed by atoms with Crippen molar-refractivity contribution in [3.05, 3.63) is 36.7 Å². The second kappa shape index (κ2) is 5.82. The molecule has 1 aromatic rings. The number of hydrogen-bond donors (Lipinski definition) is 1. The Labute approximate surface area is 104 Å². The first kappa shape index (κ1) is 13.7. The van der Waals surface area contributed by atoms with Gasteiger partial charge in [-0.2, -0.15) is 0 Å². The van der Waals surface area contributed by atoms with Gasteiger partial charge in [0.1, 0.15) is 11.9 Å². The molecule has 1 atom stereocenters. The minimum atomic E-state index is 0.00958. The summed E-state index contributed by atoms with van der Waals surface area (Å²) in [6.45, 7) is 12.8. The average molecular weight is 234 g/mol. The van der Waals surface area contributed by atoms with Crippen molar-refractivity contribution in [2.24, 2.45) is 0 Å². The molecule has 0 aliphatic rings. The molecule has 0 aliphatic heterocycles. The topological polar surface area (TPSA) is 34.1 Å². The van der Waals surface area contributed by atoms with Gasteiger partial charge in [0.2, 0.25) is 0 Å². The number of hydrogen-bond acceptors (Lipinski definition) is 3. The number of nitrogens with one attached hydrogen (secondary N) is 1. The summed E-state index contributed by atoms with van der Waals surface area (Å²) in [7, 11) is 0. The maximum Gasteiger partial charge on any atom is 0.138 e. The molecule has 1 aromatic heterocycles. The molecule has 1 rings (SSSR count). The molecule has 0 saturated heterocycles. The second-order valence-corrected chi connectivity index (χ2v) is 5.15. The van der Waals surface area contributed by atoms with Crippen molar-refractivity contribution in [2.75, 3.05) is 0 Å². The van der Waals surface area contributed by atoms with Crippen LogP contribution < -0.4 is 10.1 Å². The first-order valence-electron chi connectivity index (χ1n) is 5.90. The lowest BCUT2D eigenvalue weighted by Crippen LogP contribution is -2.35. The summed E-state index contributed by atoms with van der Waals surface area (Å²) in [4.78, 5) is 4.35. The molecule has 0 amide bonds. The van der Waals surface area contributed by atoms with E-state index in [0.717, 1.165) is 18.0 Å². The summed E-state index contributed by atoms with van der Waals surface area (Å²) in [6.07, 6.45) is 3.52. The zero-order chi connectivity index (χ0) is 12.9. The van der Waals surface area contributed by atoms with Crippen LogP contribution in [0.15, 0.2) is 31.0 Å². The first-order valence-corrected chi connectivity index (χ1v) is 5.90. The van der Waals surface area contributed by atoms with Gasteiger partial charge in [-0.25, -0.2) is 0 Å². The van der Waals surface area contributed by atoms with E-state index in [1.165, 1.54) is 0 Å². The van der Waals surface area contributed by atoms with Gasteiger partial charge in [0.25, 0.3) is 0 Å². The van der Waals surface area contributed by atoms with Crippen LogP contribution in [-0.2, 0) is 6.54 Å². The van der Waals surface area contributed by atoms with Gasteiger partial charge >= 0.3 is 0 Å². The Morgan fingerprint density at radius 2 is 2.18 bits per heavy atom. The van der Waals surface area contributed by atoms with E-state index in [4.69, 9.17) is 4.74 Å². The van der Waals surface area contributed by atoms with Crippen molar-refractivity contribution in [3.8, 4) is 5.75 Å². The van der Waals surface area contributed by atoms with Crippen LogP contribution in [0.5, 0.6) is 5.75 Å². The Balaban J connectivity index is 2.53. The highest BCUT2D eigenvalue weighted by Gasteiger charge is 2.08. The van der Waals surface area contributed by atoms with Crippen LogP contribution in [0, 0.1) is 0 Å². The molecule has 0 spiro atoms. The van der Waals surface area contributed by atoms with E-state index < -0.39 is 0 Å². The van der Waals surface area contributed by atoms with Crippen LogP contribution >= 0.6 is 0 Å². The fourth-order valence-electron chi connectivity index (χ4n) is 1.20. The van der Waals surface area contributed by atoms with E-state index in [1.807, 2.05) is 19.1 Å². The van der Waals surface area contributed by atoms with Crippen LogP contribution in [0.2, 0.25) is 0 Å². The average Bonchev–Trinajstić information content (AvgIpc) is 2.27. The molecule has 0 aromatic carbocycles. The summed E-state index contributed by atoms with van der Waals surface area (Å²) >= 11 is 0. The van der Waals surface area contributed by atoms with Gasteiger partial charge < -0.3 is 10.1 Å². The Bertz CT molecular complexity index is 351. The molecule has 0 aliphatic carbocycles. The zero-order valence-corrected chi connectivity index (χ0v) is 11.2. The van der Waals surface area contributed by atoms with Crippen LogP contribution in [0.25, 0.3) is 0 Å². The predicted octanol–water partition coefficient (Wildman–Crippen LogP) is 2.92. The molecule has 0 saturated carbocycles. The quantitative estimate of drug-likeness (QED) is 0.795. The van der Waals surface area contributed by atoms with Gasteiger partial charge in [-0.05, 0) is 39.8 Å². The van der Waals surface area contributed by atoms with Crippen LogP contribution in [0.1, 0.15) is 33.4 Å². The van der Waals surface area contributed by atoms with Gasteiger partial charge in [0, 0.05) is 12.1 Å². The lowest BCUT2D eigenvalue weighted by atomic mass is 10.1. The smallest absolute Gasteiger partial charge is 0.138 e. The number of aromatic nitrogens is 1. The molecule has 0 radical (unpaired) electrons. The predicted molar refractivity (Wildman–Crippen MR) is 71.1 cm³/mol. The third-order valence-corrected chi connectivity index (χ3v) is 2.25. The molecule has 94 valence electrons. The van der Waals surface area contributed by atoms with Gasteiger partial charge in [-0.3, -0.25) is 4.98 Å². The summed E-state index contributed by atoms with van der Waals surface area (Å²) in [5, 5.41) is 3.39. The largest absolute Gasteiger partial charge is 0.485 e. The maximum atomic E-state index is 5.56. The summed E-state index contributed by atoms with van der Waals surface area (Å²) < 4.78 is 5.56. The fourth-order valence-corrected chi connectivity index (χ4v) is 1.20. The molecule has 17 heavy (non-hydrogen) atoms. The van der Waals surface area contributed by atoms with E-state index in [1.54, 1.807) is 12.3 Å². The van der Waals surface area contributed by atoms with Crippen molar-refractivity contribution in [1.29, 1.82) is 0 Å². The minimum absolute atomic E-state index is 0.00958. The summed E-state index contributed by atoms with van der Waals surface area (Å²) in [6, 6.07) is 3.91. The standard InChI is InChI=1S/C14H22N2O/c1-6-11(2)17-13-8-7-12(15-10-13)9-16-14(3,4)5/h6-8,10-11,16H,1,9H2,2-5H3. The number of rotatable bonds is 5. The molecule has 0 fully saturated rings. The van der Waals surface area contributed by atoms with Crippen molar-refractivity contribution in [2.45, 2.75) is 45.9 Å². The van der Waals surface area contributed by atoms with Crippen LogP contribution in [-0.4, -0.2) is 16.6 Å². The third kappa shape index (κ3) is 5.50. The van der Waals surface area contributed by atoms with E-state index in [2.05, 4.69) is 37.7 Å². The molecular weight excluding hydrogens is 212 g/mol. The van der Waals surface area contributed by atoms with Gasteiger partial charge in [-0.15, -0.1) is 0 Å². The van der Waals surface area contributed by atoms with Crippen LogP contribution in [0.3, 0.4) is 0 Å². The van der Waals surface area contributed by atoms with Crippen molar-refractivity contribution < 1.29 is 4.74 Å². The zero-order valence-electron chi connectivity index (χ0n) is 11.2. The van der Waals surface area contributed by atoms with E-state index in [0.29, 0.717) is 0 Å². The minimum Gasteiger partial charge on any atom is -0.485 e. The second-order valence-electron chi connectivity index (χ2n) is 5.15. The van der Waals surface area contributed by atoms with Gasteiger partial charge in [-0.1, -0.05) is 12.7 Å². The highest BCUT2D eigenvalue weighted by atomic mass is 16.5. The Morgan fingerprint density at radius 3 is 2.65 bits per heavy atom. The SMILES string of the molecule is C=CC(C)Oc1ccc(CNC(C)(C)C)nc1. The van der Waals surface area contributed by atoms with Gasteiger partial charge in [0.15, 0.2) is 0 Å².